The predicted octanol–water partition coefficient (Wildman–Crippen LogP) is 3.23. The summed E-state index contributed by atoms with van der Waals surface area (Å²) < 4.78 is 15.5. The Hall–Kier alpha value is -3.94. The lowest BCUT2D eigenvalue weighted by atomic mass is 10.1. The minimum absolute atomic E-state index is 0.0533. The van der Waals surface area contributed by atoms with Crippen LogP contribution in [0.2, 0.25) is 0 Å². The normalized spacial score (nSPS) is 14.2. The Kier molecular flexibility index (Phi) is 4.74. The van der Waals surface area contributed by atoms with Crippen molar-refractivity contribution in [3.05, 3.63) is 78.5 Å². The number of phenolic OH excluding ortho intramolecular Hbond substituents is 1. The largest absolute Gasteiger partial charge is 0.505 e. The SMILES string of the molecule is O=C(c1cn(-c2ncccn2)c2ccccc12)N1CCN(c2ccc(O)c(F)c2)CC1. The third kappa shape index (κ3) is 3.46. The lowest BCUT2D eigenvalue weighted by Gasteiger charge is -2.36. The Morgan fingerprint density at radius 2 is 1.71 bits per heavy atom. The molecule has 31 heavy (non-hydrogen) atoms. The summed E-state index contributed by atoms with van der Waals surface area (Å²) in [5, 5.41) is 10.2. The van der Waals surface area contributed by atoms with Crippen molar-refractivity contribution in [3.63, 3.8) is 0 Å². The highest BCUT2D eigenvalue weighted by Crippen LogP contribution is 2.27. The highest BCUT2D eigenvalue weighted by atomic mass is 19.1. The average Bonchev–Trinajstić information content (AvgIpc) is 3.21. The van der Waals surface area contributed by atoms with Crippen LogP contribution in [0.5, 0.6) is 5.75 Å². The lowest BCUT2D eigenvalue weighted by Crippen LogP contribution is -2.48. The molecular formula is C23H20FN5O2. The number of hydrogen-bond acceptors (Lipinski definition) is 5. The standard InChI is InChI=1S/C23H20FN5O2/c24-19-14-16(6-7-21(19)30)27-10-12-28(13-11-27)22(31)18-15-29(23-25-8-3-9-26-23)20-5-2-1-4-17(18)20/h1-9,14-15,30H,10-13H2. The number of para-hydroxylation sites is 1. The molecule has 0 atom stereocenters. The maximum atomic E-state index is 13.7. The number of aromatic hydroxyl groups is 1. The van der Waals surface area contributed by atoms with Crippen molar-refractivity contribution in [1.82, 2.24) is 19.4 Å². The van der Waals surface area contributed by atoms with Crippen molar-refractivity contribution in [1.29, 1.82) is 0 Å². The number of carbonyl (C=O) groups is 1. The van der Waals surface area contributed by atoms with Crippen molar-refractivity contribution in [2.75, 3.05) is 31.1 Å². The molecule has 8 heteroatoms. The van der Waals surface area contributed by atoms with E-state index in [1.165, 1.54) is 12.1 Å². The first-order valence-corrected chi connectivity index (χ1v) is 10.0. The number of halogens is 1. The van der Waals surface area contributed by atoms with Gasteiger partial charge in [-0.3, -0.25) is 9.36 Å². The zero-order valence-electron chi connectivity index (χ0n) is 16.6. The first kappa shape index (κ1) is 19.0. The molecule has 2 aromatic carbocycles. The number of phenols is 1. The Morgan fingerprint density at radius 1 is 0.968 bits per heavy atom. The first-order chi connectivity index (χ1) is 15.1. The van der Waals surface area contributed by atoms with Crippen molar-refractivity contribution in [2.24, 2.45) is 0 Å². The van der Waals surface area contributed by atoms with Gasteiger partial charge in [0.1, 0.15) is 0 Å². The summed E-state index contributed by atoms with van der Waals surface area (Å²) in [6.45, 7) is 2.19. The quantitative estimate of drug-likeness (QED) is 0.554. The zero-order valence-corrected chi connectivity index (χ0v) is 16.6. The highest BCUT2D eigenvalue weighted by Gasteiger charge is 2.26. The van der Waals surface area contributed by atoms with Crippen molar-refractivity contribution < 1.29 is 14.3 Å². The molecule has 0 saturated carbocycles. The number of hydrogen-bond donors (Lipinski definition) is 1. The highest BCUT2D eigenvalue weighted by molar-refractivity contribution is 6.07. The van der Waals surface area contributed by atoms with Gasteiger partial charge >= 0.3 is 0 Å². The van der Waals surface area contributed by atoms with Crippen LogP contribution < -0.4 is 4.90 Å². The number of fused-ring (bicyclic) bond motifs is 1. The number of benzene rings is 2. The summed E-state index contributed by atoms with van der Waals surface area (Å²) in [7, 11) is 0. The minimum atomic E-state index is -0.646. The van der Waals surface area contributed by atoms with Crippen LogP contribution in [0.25, 0.3) is 16.9 Å². The van der Waals surface area contributed by atoms with E-state index in [2.05, 4.69) is 9.97 Å². The molecule has 1 fully saturated rings. The van der Waals surface area contributed by atoms with Gasteiger partial charge in [0.25, 0.3) is 5.91 Å². The smallest absolute Gasteiger partial charge is 0.256 e. The molecule has 1 aliphatic rings. The number of rotatable bonds is 3. The monoisotopic (exact) mass is 417 g/mol. The van der Waals surface area contributed by atoms with Gasteiger partial charge in [-0.05, 0) is 24.3 Å². The molecule has 5 rings (SSSR count). The Morgan fingerprint density at radius 3 is 2.45 bits per heavy atom. The van der Waals surface area contributed by atoms with E-state index in [0.29, 0.717) is 43.4 Å². The van der Waals surface area contributed by atoms with Gasteiger partial charge in [0, 0.05) is 61.9 Å². The molecule has 4 aromatic rings. The van der Waals surface area contributed by atoms with Gasteiger partial charge < -0.3 is 14.9 Å². The lowest BCUT2D eigenvalue weighted by molar-refractivity contribution is 0.0748. The first-order valence-electron chi connectivity index (χ1n) is 10.0. The minimum Gasteiger partial charge on any atom is -0.505 e. The number of piperazine rings is 1. The van der Waals surface area contributed by atoms with E-state index in [4.69, 9.17) is 0 Å². The molecule has 2 aromatic heterocycles. The second kappa shape index (κ2) is 7.71. The fourth-order valence-electron chi connectivity index (χ4n) is 3.96. The van der Waals surface area contributed by atoms with Crippen molar-refractivity contribution >= 4 is 22.5 Å². The molecule has 156 valence electrons. The van der Waals surface area contributed by atoms with E-state index >= 15 is 0 Å². The third-order valence-corrected chi connectivity index (χ3v) is 5.57. The maximum Gasteiger partial charge on any atom is 0.256 e. The molecule has 0 bridgehead atoms. The molecule has 0 radical (unpaired) electrons. The average molecular weight is 417 g/mol. The zero-order chi connectivity index (χ0) is 21.4. The van der Waals surface area contributed by atoms with Crippen LogP contribution in [0.1, 0.15) is 10.4 Å². The van der Waals surface area contributed by atoms with E-state index in [1.807, 2.05) is 38.6 Å². The molecule has 1 amide bonds. The van der Waals surface area contributed by atoms with E-state index < -0.39 is 5.82 Å². The summed E-state index contributed by atoms with van der Waals surface area (Å²) in [6, 6.07) is 13.8. The molecule has 1 N–H and O–H groups in total. The molecule has 0 aliphatic carbocycles. The van der Waals surface area contributed by atoms with Gasteiger partial charge in [0.05, 0.1) is 11.1 Å². The second-order valence-electron chi connectivity index (χ2n) is 7.39. The van der Waals surface area contributed by atoms with Crippen LogP contribution in [0.4, 0.5) is 10.1 Å². The van der Waals surface area contributed by atoms with Gasteiger partial charge in [-0.25, -0.2) is 14.4 Å². The van der Waals surface area contributed by atoms with Crippen LogP contribution in [0.15, 0.2) is 67.1 Å². The van der Waals surface area contributed by atoms with Crippen molar-refractivity contribution in [2.45, 2.75) is 0 Å². The number of carbonyl (C=O) groups excluding carboxylic acids is 1. The van der Waals surface area contributed by atoms with Gasteiger partial charge in [0.2, 0.25) is 5.95 Å². The molecule has 0 spiro atoms. The fourth-order valence-corrected chi connectivity index (χ4v) is 3.96. The van der Waals surface area contributed by atoms with Crippen molar-refractivity contribution in [3.8, 4) is 11.7 Å². The third-order valence-electron chi connectivity index (χ3n) is 5.57. The van der Waals surface area contributed by atoms with E-state index in [1.54, 1.807) is 30.7 Å². The molecule has 3 heterocycles. The summed E-state index contributed by atoms with van der Waals surface area (Å²) in [5.74, 6) is -0.553. The van der Waals surface area contributed by atoms with E-state index in [0.717, 1.165) is 10.9 Å². The Bertz CT molecular complexity index is 1250. The second-order valence-corrected chi connectivity index (χ2v) is 7.39. The maximum absolute atomic E-state index is 13.7. The van der Waals surface area contributed by atoms with Crippen LogP contribution in [0, 0.1) is 5.82 Å². The van der Waals surface area contributed by atoms with Crippen LogP contribution in [0.3, 0.4) is 0 Å². The van der Waals surface area contributed by atoms with Gasteiger partial charge in [-0.15, -0.1) is 0 Å². The molecule has 1 saturated heterocycles. The Labute approximate surface area is 178 Å². The fraction of sp³-hybridized carbons (Fsp3) is 0.174. The van der Waals surface area contributed by atoms with Gasteiger partial charge in [0.15, 0.2) is 11.6 Å². The summed E-state index contributed by atoms with van der Waals surface area (Å²) in [4.78, 5) is 25.8. The number of nitrogens with zero attached hydrogens (tertiary/aromatic N) is 5. The number of amides is 1. The molecule has 7 nitrogen and oxygen atoms in total. The van der Waals surface area contributed by atoms with Crippen LogP contribution in [-0.2, 0) is 0 Å². The van der Waals surface area contributed by atoms with E-state index in [9.17, 15) is 14.3 Å². The van der Waals surface area contributed by atoms with E-state index in [-0.39, 0.29) is 11.7 Å². The van der Waals surface area contributed by atoms with Gasteiger partial charge in [-0.2, -0.15) is 0 Å². The topological polar surface area (TPSA) is 74.5 Å². The summed E-state index contributed by atoms with van der Waals surface area (Å²) in [6.07, 6.45) is 5.14. The predicted molar refractivity (Wildman–Crippen MR) is 115 cm³/mol. The summed E-state index contributed by atoms with van der Waals surface area (Å²) in [5.41, 5.74) is 2.17. The summed E-state index contributed by atoms with van der Waals surface area (Å²) >= 11 is 0. The van der Waals surface area contributed by atoms with Crippen LogP contribution >= 0.6 is 0 Å². The molecule has 1 aliphatic heterocycles. The van der Waals surface area contributed by atoms with Crippen LogP contribution in [-0.4, -0.2) is 56.6 Å². The Balaban J connectivity index is 1.39. The number of anilines is 1. The number of aromatic nitrogens is 3. The molecular weight excluding hydrogens is 397 g/mol. The molecule has 0 unspecified atom stereocenters. The van der Waals surface area contributed by atoms with Gasteiger partial charge in [-0.1, -0.05) is 18.2 Å².